The minimum Gasteiger partial charge on any atom is -0.421 e. The fourth-order valence-electron chi connectivity index (χ4n) is 2.44. The van der Waals surface area contributed by atoms with Crippen molar-refractivity contribution < 1.29 is 28.7 Å². The van der Waals surface area contributed by atoms with Crippen LogP contribution in [-0.4, -0.2) is 40.8 Å². The zero-order valence-electron chi connectivity index (χ0n) is 12.8. The highest BCUT2D eigenvalue weighted by Gasteiger charge is 2.63. The van der Waals surface area contributed by atoms with E-state index in [1.165, 1.54) is 20.8 Å². The van der Waals surface area contributed by atoms with Crippen LogP contribution in [0.15, 0.2) is 11.1 Å². The molecule has 2 rings (SSSR count). The minimum absolute atomic E-state index is 0.0693. The molecule has 0 unspecified atom stereocenters. The van der Waals surface area contributed by atoms with E-state index in [9.17, 15) is 14.4 Å². The van der Waals surface area contributed by atoms with E-state index >= 15 is 0 Å². The van der Waals surface area contributed by atoms with Gasteiger partial charge in [0.05, 0.1) is 6.54 Å². The van der Waals surface area contributed by atoms with Crippen molar-refractivity contribution in [2.24, 2.45) is 0 Å². The Bertz CT molecular complexity index is 528. The van der Waals surface area contributed by atoms with Crippen LogP contribution in [0.4, 0.5) is 0 Å². The van der Waals surface area contributed by atoms with Gasteiger partial charge in [0.25, 0.3) is 11.3 Å². The Morgan fingerprint density at radius 3 is 2.14 bits per heavy atom. The molecule has 1 fully saturated rings. The smallest absolute Gasteiger partial charge is 0.345 e. The van der Waals surface area contributed by atoms with Gasteiger partial charge in [0, 0.05) is 27.2 Å². The molecular weight excluding hydrogens is 278 g/mol. The third-order valence-electron chi connectivity index (χ3n) is 3.65. The van der Waals surface area contributed by atoms with E-state index in [0.717, 1.165) is 16.2 Å². The van der Waals surface area contributed by atoms with Gasteiger partial charge in [-0.2, -0.15) is 0 Å². The minimum atomic E-state index is -1.76. The zero-order chi connectivity index (χ0) is 16.0. The molecule has 0 aliphatic carbocycles. The summed E-state index contributed by atoms with van der Waals surface area (Å²) in [5.74, 6) is -3.48. The molecule has 7 nitrogen and oxygen atoms in total. The van der Waals surface area contributed by atoms with Crippen LogP contribution in [0.2, 0.25) is 0 Å². The number of esters is 2. The second-order valence-electron chi connectivity index (χ2n) is 5.90. The van der Waals surface area contributed by atoms with Gasteiger partial charge >= 0.3 is 17.9 Å². The molecule has 1 spiro atoms. The predicted molar refractivity (Wildman–Crippen MR) is 70.5 cm³/mol. The van der Waals surface area contributed by atoms with E-state index in [-0.39, 0.29) is 13.0 Å². The van der Waals surface area contributed by atoms with Crippen LogP contribution in [0.3, 0.4) is 0 Å². The Labute approximate surface area is 122 Å². The van der Waals surface area contributed by atoms with Crippen LogP contribution in [0.25, 0.3) is 0 Å². The van der Waals surface area contributed by atoms with Gasteiger partial charge < -0.3 is 14.3 Å². The van der Waals surface area contributed by atoms with E-state index in [1.807, 2.05) is 13.8 Å². The lowest BCUT2D eigenvalue weighted by Gasteiger charge is -2.46. The maximum absolute atomic E-state index is 12.5. The molecular formula is C14H19NO6. The highest BCUT2D eigenvalue weighted by atomic mass is 16.8. The highest BCUT2D eigenvalue weighted by Crippen LogP contribution is 2.39. The lowest BCUT2D eigenvalue weighted by atomic mass is 9.84. The fourth-order valence-corrected chi connectivity index (χ4v) is 2.44. The second-order valence-corrected chi connectivity index (χ2v) is 5.90. The Kier molecular flexibility index (Phi) is 3.57. The lowest BCUT2D eigenvalue weighted by molar-refractivity contribution is -0.279. The quantitative estimate of drug-likeness (QED) is 0.407. The van der Waals surface area contributed by atoms with Gasteiger partial charge in [-0.25, -0.2) is 9.59 Å². The number of nitrogens with zero attached hydrogens (tertiary/aromatic N) is 1. The van der Waals surface area contributed by atoms with Crippen molar-refractivity contribution in [3.05, 3.63) is 11.1 Å². The number of carbonyl (C=O) groups excluding carboxylic acids is 3. The highest BCUT2D eigenvalue weighted by molar-refractivity contribution is 6.07. The molecule has 2 aliphatic heterocycles. The van der Waals surface area contributed by atoms with E-state index < -0.39 is 29.2 Å². The molecule has 116 valence electrons. The summed E-state index contributed by atoms with van der Waals surface area (Å²) in [4.78, 5) is 41.3. The van der Waals surface area contributed by atoms with E-state index in [0.29, 0.717) is 0 Å². The molecule has 0 bridgehead atoms. The molecule has 21 heavy (non-hydrogen) atoms. The van der Waals surface area contributed by atoms with Gasteiger partial charge in [0.2, 0.25) is 0 Å². The monoisotopic (exact) mass is 297 g/mol. The zero-order valence-corrected chi connectivity index (χ0v) is 12.8. The van der Waals surface area contributed by atoms with Gasteiger partial charge in [-0.3, -0.25) is 4.79 Å². The van der Waals surface area contributed by atoms with Crippen molar-refractivity contribution in [1.29, 1.82) is 0 Å². The molecule has 2 heterocycles. The topological polar surface area (TPSA) is 82.1 Å². The summed E-state index contributed by atoms with van der Waals surface area (Å²) in [6, 6.07) is 0. The molecule has 7 heteroatoms. The summed E-state index contributed by atoms with van der Waals surface area (Å²) in [5, 5.41) is 1.07. The second kappa shape index (κ2) is 4.84. The van der Waals surface area contributed by atoms with Gasteiger partial charge in [0.1, 0.15) is 0 Å². The number of ether oxygens (including phenoxy) is 2. The normalized spacial score (nSPS) is 24.6. The number of hydroxylamine groups is 2. The van der Waals surface area contributed by atoms with Gasteiger partial charge in [-0.15, -0.1) is 5.06 Å². The van der Waals surface area contributed by atoms with Gasteiger partial charge in [-0.05, 0) is 13.8 Å². The average Bonchev–Trinajstić information content (AvgIpc) is 2.29. The number of carbonyl (C=O) groups is 3. The molecule has 1 saturated heterocycles. The van der Waals surface area contributed by atoms with Crippen LogP contribution in [0, 0.1) is 0 Å². The van der Waals surface area contributed by atoms with E-state index in [1.54, 1.807) is 0 Å². The molecule has 0 amide bonds. The molecule has 0 aromatic carbocycles. The molecule has 0 N–H and O–H groups in total. The SMILES string of the molecule is CC(=O)ON1CC(C)=C(C)CC12C(=O)OC(C)(C)OC2=O. The molecule has 0 saturated carbocycles. The van der Waals surface area contributed by atoms with Crippen molar-refractivity contribution in [3.63, 3.8) is 0 Å². The van der Waals surface area contributed by atoms with Crippen LogP contribution in [0.1, 0.15) is 41.0 Å². The average molecular weight is 297 g/mol. The van der Waals surface area contributed by atoms with Gasteiger partial charge in [-0.1, -0.05) is 11.1 Å². The fraction of sp³-hybridized carbons (Fsp3) is 0.643. The van der Waals surface area contributed by atoms with Crippen LogP contribution in [-0.2, 0) is 28.7 Å². The molecule has 0 aromatic heterocycles. The Morgan fingerprint density at radius 1 is 1.14 bits per heavy atom. The maximum atomic E-state index is 12.5. The van der Waals surface area contributed by atoms with E-state index in [2.05, 4.69) is 0 Å². The molecule has 0 atom stereocenters. The number of cyclic esters (lactones) is 2. The van der Waals surface area contributed by atoms with Crippen molar-refractivity contribution in [3.8, 4) is 0 Å². The molecule has 2 aliphatic rings. The summed E-state index contributed by atoms with van der Waals surface area (Å²) in [5.41, 5.74) is 0.0319. The van der Waals surface area contributed by atoms with E-state index in [4.69, 9.17) is 14.3 Å². The number of hydrogen-bond donors (Lipinski definition) is 0. The summed E-state index contributed by atoms with van der Waals surface area (Å²) in [6.07, 6.45) is 0.0693. The molecule has 0 radical (unpaired) electrons. The molecule has 0 aromatic rings. The Morgan fingerprint density at radius 2 is 1.67 bits per heavy atom. The van der Waals surface area contributed by atoms with Crippen molar-refractivity contribution in [2.45, 2.75) is 52.4 Å². The Hall–Kier alpha value is -1.89. The first-order valence-electron chi connectivity index (χ1n) is 6.67. The van der Waals surface area contributed by atoms with Crippen molar-refractivity contribution >= 4 is 17.9 Å². The lowest BCUT2D eigenvalue weighted by Crippen LogP contribution is -2.68. The first kappa shape index (κ1) is 15.5. The summed E-state index contributed by atoms with van der Waals surface area (Å²) in [7, 11) is 0. The van der Waals surface area contributed by atoms with Crippen LogP contribution in [0.5, 0.6) is 0 Å². The van der Waals surface area contributed by atoms with Gasteiger partial charge in [0.15, 0.2) is 0 Å². The van der Waals surface area contributed by atoms with Crippen LogP contribution < -0.4 is 0 Å². The summed E-state index contributed by atoms with van der Waals surface area (Å²) < 4.78 is 10.4. The summed E-state index contributed by atoms with van der Waals surface area (Å²) in [6.45, 7) is 7.98. The van der Waals surface area contributed by atoms with Crippen molar-refractivity contribution in [2.75, 3.05) is 6.54 Å². The third-order valence-corrected chi connectivity index (χ3v) is 3.65. The Balaban J connectivity index is 2.47. The standard InChI is InChI=1S/C14H19NO6/c1-8-6-14(15(7-9(8)2)21-10(3)16)11(17)19-13(4,5)20-12(14)18/h6-7H2,1-5H3. The van der Waals surface area contributed by atoms with Crippen molar-refractivity contribution in [1.82, 2.24) is 5.06 Å². The first-order valence-corrected chi connectivity index (χ1v) is 6.67. The van der Waals surface area contributed by atoms with Crippen LogP contribution >= 0.6 is 0 Å². The number of hydrogen-bond acceptors (Lipinski definition) is 7. The first-order chi connectivity index (χ1) is 9.58. The predicted octanol–water partition coefficient (Wildman–Crippen LogP) is 1.08. The maximum Gasteiger partial charge on any atom is 0.345 e. The third kappa shape index (κ3) is 2.53. The largest absolute Gasteiger partial charge is 0.421 e. The number of rotatable bonds is 1. The summed E-state index contributed by atoms with van der Waals surface area (Å²) >= 11 is 0.